The molecule has 4 atom stereocenters. The molecule has 3 aliphatic heterocycles. The number of fused-ring (bicyclic) bond motifs is 4. The maximum absolute atomic E-state index is 12.6. The molecule has 2 aliphatic carbocycles. The number of hydrogen-bond acceptors (Lipinski definition) is 6. The number of nitrogens with two attached hydrogens (primary N) is 1. The molecule has 4 unspecified atom stereocenters. The van der Waals surface area contributed by atoms with E-state index in [1.165, 1.54) is 54.5 Å². The summed E-state index contributed by atoms with van der Waals surface area (Å²) in [5.41, 5.74) is 12.6. The van der Waals surface area contributed by atoms with Gasteiger partial charge in [0, 0.05) is 42.3 Å². The number of rotatable bonds is 2. The summed E-state index contributed by atoms with van der Waals surface area (Å²) in [6, 6.07) is 7.58. The fourth-order valence-electron chi connectivity index (χ4n) is 7.69. The molecule has 1 aromatic heterocycles. The van der Waals surface area contributed by atoms with E-state index in [9.17, 15) is 4.39 Å². The van der Waals surface area contributed by atoms with E-state index in [4.69, 9.17) is 20.4 Å². The van der Waals surface area contributed by atoms with Crippen molar-refractivity contribution >= 4 is 11.5 Å². The number of nitrogens with zero attached hydrogens (tertiary/aromatic N) is 4. The molecule has 3 saturated heterocycles. The van der Waals surface area contributed by atoms with Gasteiger partial charge in [0.15, 0.2) is 0 Å². The topological polar surface area (TPSA) is 67.5 Å². The fourth-order valence-corrected chi connectivity index (χ4v) is 7.69. The molecule has 6 nitrogen and oxygen atoms in total. The van der Waals surface area contributed by atoms with Crippen molar-refractivity contribution < 1.29 is 9.13 Å². The van der Waals surface area contributed by atoms with Gasteiger partial charge in [-0.05, 0) is 99.9 Å². The minimum absolute atomic E-state index is 0.170. The zero-order valence-corrected chi connectivity index (χ0v) is 22.5. The largest absolute Gasteiger partial charge is 0.467 e. The molecule has 5 aliphatic rings. The van der Waals surface area contributed by atoms with Crippen LogP contribution in [0.2, 0.25) is 0 Å². The van der Waals surface area contributed by atoms with Crippen molar-refractivity contribution in [1.29, 1.82) is 0 Å². The number of nitrogen functional groups attached to an aromatic ring is 1. The SMILES string of the molecule is COc1nc2c(c(N3CCCC(C)C3)n1)CCC1(CCc3ccc(N)cc31)C2.FC1CC2CCCN2C1. The summed E-state index contributed by atoms with van der Waals surface area (Å²) in [6.07, 6.45) is 10.8. The first-order valence-corrected chi connectivity index (χ1v) is 14.4. The van der Waals surface area contributed by atoms with E-state index >= 15 is 0 Å². The van der Waals surface area contributed by atoms with Crippen LogP contribution in [0.25, 0.3) is 0 Å². The monoisotopic (exact) mass is 507 g/mol. The second kappa shape index (κ2) is 10.0. The van der Waals surface area contributed by atoms with Crippen LogP contribution < -0.4 is 15.4 Å². The van der Waals surface area contributed by atoms with Crippen molar-refractivity contribution in [3.8, 4) is 6.01 Å². The predicted molar refractivity (Wildman–Crippen MR) is 146 cm³/mol. The van der Waals surface area contributed by atoms with Crippen molar-refractivity contribution in [3.63, 3.8) is 0 Å². The molecule has 0 radical (unpaired) electrons. The quantitative estimate of drug-likeness (QED) is 0.585. The second-order valence-corrected chi connectivity index (χ2v) is 12.2. The van der Waals surface area contributed by atoms with Crippen molar-refractivity contribution in [2.75, 3.05) is 43.9 Å². The zero-order chi connectivity index (χ0) is 25.6. The number of aromatic nitrogens is 2. The van der Waals surface area contributed by atoms with Gasteiger partial charge in [0.1, 0.15) is 12.0 Å². The molecular formula is C30H42FN5O. The molecule has 2 aromatic rings. The van der Waals surface area contributed by atoms with Gasteiger partial charge in [0.25, 0.3) is 0 Å². The van der Waals surface area contributed by atoms with Crippen LogP contribution in [0.4, 0.5) is 15.9 Å². The van der Waals surface area contributed by atoms with Gasteiger partial charge in [-0.3, -0.25) is 4.90 Å². The molecule has 2 N–H and O–H groups in total. The lowest BCUT2D eigenvalue weighted by Crippen LogP contribution is -2.38. The van der Waals surface area contributed by atoms with E-state index in [0.717, 1.165) is 63.2 Å². The Morgan fingerprint density at radius 3 is 2.73 bits per heavy atom. The molecule has 7 heteroatoms. The van der Waals surface area contributed by atoms with Crippen LogP contribution in [0.5, 0.6) is 6.01 Å². The van der Waals surface area contributed by atoms with E-state index in [2.05, 4.69) is 28.9 Å². The fraction of sp³-hybridized carbons (Fsp3) is 0.667. The van der Waals surface area contributed by atoms with Crippen LogP contribution in [0.3, 0.4) is 0 Å². The highest BCUT2D eigenvalue weighted by Gasteiger charge is 2.43. The number of methoxy groups -OCH3 is 1. The minimum Gasteiger partial charge on any atom is -0.467 e. The molecule has 0 amide bonds. The van der Waals surface area contributed by atoms with E-state index in [1.807, 2.05) is 6.07 Å². The van der Waals surface area contributed by atoms with Gasteiger partial charge in [0.05, 0.1) is 12.8 Å². The van der Waals surface area contributed by atoms with Crippen LogP contribution in [0.1, 0.15) is 74.3 Å². The van der Waals surface area contributed by atoms with Gasteiger partial charge in [-0.15, -0.1) is 0 Å². The number of halogens is 1. The van der Waals surface area contributed by atoms with Crippen molar-refractivity contribution in [3.05, 3.63) is 40.6 Å². The standard InChI is InChI=1S/C23H30N4O.C7H12FN/c1-15-4-3-11-27(14-15)21-18-8-10-23(13-20(18)25-22(26-21)28-2)9-7-16-5-6-17(24)12-19(16)23;8-6-4-7-2-1-3-9(7)5-6/h5-6,12,15H,3-4,7-11,13-14,24H2,1-2H3;6-7H,1-5H2. The number of alkyl halides is 1. The van der Waals surface area contributed by atoms with Gasteiger partial charge in [-0.25, -0.2) is 4.39 Å². The average Bonchev–Trinajstić information content (AvgIpc) is 3.57. The summed E-state index contributed by atoms with van der Waals surface area (Å²) >= 11 is 0. The van der Waals surface area contributed by atoms with Gasteiger partial charge in [-0.1, -0.05) is 13.0 Å². The Hall–Kier alpha value is -2.41. The number of benzene rings is 1. The Bertz CT molecular complexity index is 1130. The third kappa shape index (κ3) is 4.80. The summed E-state index contributed by atoms with van der Waals surface area (Å²) in [4.78, 5) is 14.4. The number of ether oxygens (including phenoxy) is 1. The average molecular weight is 508 g/mol. The highest BCUT2D eigenvalue weighted by molar-refractivity contribution is 5.56. The summed E-state index contributed by atoms with van der Waals surface area (Å²) < 4.78 is 18.1. The molecule has 3 fully saturated rings. The van der Waals surface area contributed by atoms with E-state index in [1.54, 1.807) is 7.11 Å². The Balaban J connectivity index is 0.000000235. The van der Waals surface area contributed by atoms with Gasteiger partial charge >= 0.3 is 6.01 Å². The van der Waals surface area contributed by atoms with E-state index in [-0.39, 0.29) is 5.41 Å². The van der Waals surface area contributed by atoms with E-state index < -0.39 is 6.17 Å². The molecule has 4 heterocycles. The summed E-state index contributed by atoms with van der Waals surface area (Å²) in [7, 11) is 1.68. The first kappa shape index (κ1) is 24.9. The van der Waals surface area contributed by atoms with Gasteiger partial charge in [-0.2, -0.15) is 9.97 Å². The molecule has 200 valence electrons. The molecule has 0 saturated carbocycles. The van der Waals surface area contributed by atoms with Crippen LogP contribution in [-0.4, -0.2) is 60.4 Å². The Labute approximate surface area is 220 Å². The number of anilines is 2. The second-order valence-electron chi connectivity index (χ2n) is 12.2. The number of aryl methyl sites for hydroxylation is 1. The Kier molecular flexibility index (Phi) is 6.76. The molecule has 1 aromatic carbocycles. The van der Waals surface area contributed by atoms with Crippen molar-refractivity contribution in [2.24, 2.45) is 5.92 Å². The van der Waals surface area contributed by atoms with Crippen LogP contribution >= 0.6 is 0 Å². The summed E-state index contributed by atoms with van der Waals surface area (Å²) in [6.45, 7) is 6.36. The summed E-state index contributed by atoms with van der Waals surface area (Å²) in [5, 5.41) is 0. The van der Waals surface area contributed by atoms with E-state index in [0.29, 0.717) is 24.5 Å². The number of hydrogen-bond donors (Lipinski definition) is 1. The molecule has 7 rings (SSSR count). The molecular weight excluding hydrogens is 465 g/mol. The lowest BCUT2D eigenvalue weighted by molar-refractivity contribution is 0.292. The molecule has 0 bridgehead atoms. The van der Waals surface area contributed by atoms with Crippen LogP contribution in [0, 0.1) is 5.92 Å². The van der Waals surface area contributed by atoms with Gasteiger partial charge < -0.3 is 15.4 Å². The lowest BCUT2D eigenvalue weighted by Gasteiger charge is -2.38. The third-order valence-electron chi connectivity index (χ3n) is 9.59. The smallest absolute Gasteiger partial charge is 0.318 e. The maximum Gasteiger partial charge on any atom is 0.318 e. The number of piperidine rings is 1. The predicted octanol–water partition coefficient (Wildman–Crippen LogP) is 4.87. The summed E-state index contributed by atoms with van der Waals surface area (Å²) in [5.74, 6) is 1.83. The van der Waals surface area contributed by atoms with Crippen molar-refractivity contribution in [2.45, 2.75) is 88.8 Å². The maximum atomic E-state index is 12.6. The minimum atomic E-state index is -0.518. The molecule has 37 heavy (non-hydrogen) atoms. The highest BCUT2D eigenvalue weighted by atomic mass is 19.1. The highest BCUT2D eigenvalue weighted by Crippen LogP contribution is 2.49. The van der Waals surface area contributed by atoms with Crippen molar-refractivity contribution in [1.82, 2.24) is 14.9 Å². The normalized spacial score (nSPS) is 30.5. The van der Waals surface area contributed by atoms with Crippen LogP contribution in [0.15, 0.2) is 18.2 Å². The lowest BCUT2D eigenvalue weighted by atomic mass is 9.69. The third-order valence-corrected chi connectivity index (χ3v) is 9.59. The first-order chi connectivity index (χ1) is 17.9. The first-order valence-electron chi connectivity index (χ1n) is 14.4. The zero-order valence-electron chi connectivity index (χ0n) is 22.5. The van der Waals surface area contributed by atoms with Crippen LogP contribution in [-0.2, 0) is 24.7 Å². The Morgan fingerprint density at radius 2 is 1.92 bits per heavy atom. The molecule has 1 spiro atoms. The van der Waals surface area contributed by atoms with Gasteiger partial charge in [0.2, 0.25) is 0 Å². The Morgan fingerprint density at radius 1 is 1.08 bits per heavy atom.